The van der Waals surface area contributed by atoms with E-state index in [4.69, 9.17) is 4.74 Å². The first-order chi connectivity index (χ1) is 13.7. The van der Waals surface area contributed by atoms with Crippen LogP contribution in [0.4, 0.5) is 0 Å². The lowest BCUT2D eigenvalue weighted by molar-refractivity contribution is -0.157. The Kier molecular flexibility index (Phi) is 6.05. The smallest absolute Gasteiger partial charge is 0.253 e. The zero-order chi connectivity index (χ0) is 19.3. The summed E-state index contributed by atoms with van der Waals surface area (Å²) in [6.07, 6.45) is -0.429. The van der Waals surface area contributed by atoms with E-state index in [9.17, 15) is 4.79 Å². The summed E-state index contributed by atoms with van der Waals surface area (Å²) in [6, 6.07) is 20.8. The van der Waals surface area contributed by atoms with Crippen LogP contribution >= 0.6 is 0 Å². The predicted molar refractivity (Wildman–Crippen MR) is 110 cm³/mol. The Morgan fingerprint density at radius 3 is 2.25 bits per heavy atom. The van der Waals surface area contributed by atoms with Gasteiger partial charge in [-0.3, -0.25) is 14.6 Å². The molecule has 0 unspecified atom stereocenters. The van der Waals surface area contributed by atoms with Gasteiger partial charge in [0.1, 0.15) is 0 Å². The fraction of sp³-hybridized carbons (Fsp3) is 0.435. The van der Waals surface area contributed by atoms with Gasteiger partial charge in [-0.2, -0.15) is 0 Å². The first-order valence-electron chi connectivity index (χ1n) is 10.1. The largest absolute Gasteiger partial charge is 0.365 e. The monoisotopic (exact) mass is 379 g/mol. The van der Waals surface area contributed by atoms with Crippen molar-refractivity contribution in [1.29, 1.82) is 0 Å². The minimum atomic E-state index is -0.429. The number of nitrogens with zero attached hydrogens (tertiary/aromatic N) is 3. The van der Waals surface area contributed by atoms with Crippen molar-refractivity contribution in [3.8, 4) is 0 Å². The number of piperazine rings is 1. The Morgan fingerprint density at radius 1 is 0.929 bits per heavy atom. The van der Waals surface area contributed by atoms with Gasteiger partial charge in [-0.15, -0.1) is 0 Å². The third-order valence-corrected chi connectivity index (χ3v) is 5.82. The Bertz CT molecular complexity index is 760. The van der Waals surface area contributed by atoms with Crippen molar-refractivity contribution in [3.05, 3.63) is 71.8 Å². The lowest BCUT2D eigenvalue weighted by atomic mass is 9.97. The molecule has 0 aromatic heterocycles. The SMILES string of the molecule is CN1CCO[C@@H](C(=O)N2CCN(Cc3ccccc3)CC2)[C@@H]1c1ccccc1. The molecule has 1 amide bonds. The van der Waals surface area contributed by atoms with Crippen LogP contribution in [0.15, 0.2) is 60.7 Å². The molecule has 0 spiro atoms. The van der Waals surface area contributed by atoms with E-state index >= 15 is 0 Å². The topological polar surface area (TPSA) is 36.0 Å². The maximum atomic E-state index is 13.3. The quantitative estimate of drug-likeness (QED) is 0.817. The lowest BCUT2D eigenvalue weighted by Gasteiger charge is -2.42. The average Bonchev–Trinajstić information content (AvgIpc) is 2.75. The van der Waals surface area contributed by atoms with Crippen molar-refractivity contribution in [3.63, 3.8) is 0 Å². The van der Waals surface area contributed by atoms with E-state index in [1.165, 1.54) is 5.56 Å². The summed E-state index contributed by atoms with van der Waals surface area (Å²) in [6.45, 7) is 5.71. The van der Waals surface area contributed by atoms with E-state index in [2.05, 4.69) is 53.2 Å². The molecule has 28 heavy (non-hydrogen) atoms. The second-order valence-corrected chi connectivity index (χ2v) is 7.71. The van der Waals surface area contributed by atoms with Crippen LogP contribution in [0.5, 0.6) is 0 Å². The zero-order valence-electron chi connectivity index (χ0n) is 16.5. The predicted octanol–water partition coefficient (Wildman–Crippen LogP) is 2.40. The number of ether oxygens (including phenoxy) is 1. The summed E-state index contributed by atoms with van der Waals surface area (Å²) in [5.41, 5.74) is 2.47. The van der Waals surface area contributed by atoms with E-state index in [1.54, 1.807) is 0 Å². The van der Waals surface area contributed by atoms with Crippen molar-refractivity contribution >= 4 is 5.91 Å². The van der Waals surface area contributed by atoms with Gasteiger partial charge in [-0.05, 0) is 18.2 Å². The molecule has 0 saturated carbocycles. The van der Waals surface area contributed by atoms with Gasteiger partial charge in [0, 0.05) is 39.3 Å². The molecular formula is C23H29N3O2. The summed E-state index contributed by atoms with van der Waals surface area (Å²) in [4.78, 5) is 20.0. The molecule has 2 saturated heterocycles. The molecule has 0 N–H and O–H groups in total. The molecule has 4 rings (SSSR count). The van der Waals surface area contributed by atoms with Gasteiger partial charge in [-0.25, -0.2) is 0 Å². The van der Waals surface area contributed by atoms with Gasteiger partial charge >= 0.3 is 0 Å². The summed E-state index contributed by atoms with van der Waals surface area (Å²) >= 11 is 0. The van der Waals surface area contributed by atoms with Crippen LogP contribution in [-0.2, 0) is 16.1 Å². The Labute approximate surface area is 167 Å². The number of hydrogen-bond acceptors (Lipinski definition) is 4. The van der Waals surface area contributed by atoms with E-state index in [-0.39, 0.29) is 11.9 Å². The maximum Gasteiger partial charge on any atom is 0.253 e. The molecule has 148 valence electrons. The third-order valence-electron chi connectivity index (χ3n) is 5.82. The molecule has 2 aromatic rings. The normalized spacial score (nSPS) is 24.2. The molecule has 2 fully saturated rings. The van der Waals surface area contributed by atoms with Gasteiger partial charge in [0.25, 0.3) is 5.91 Å². The van der Waals surface area contributed by atoms with Crippen LogP contribution < -0.4 is 0 Å². The van der Waals surface area contributed by atoms with E-state index in [0.29, 0.717) is 6.61 Å². The molecule has 2 aromatic carbocycles. The van der Waals surface area contributed by atoms with Crippen molar-refractivity contribution in [2.45, 2.75) is 18.7 Å². The third kappa shape index (κ3) is 4.27. The molecule has 0 bridgehead atoms. The van der Waals surface area contributed by atoms with Crippen LogP contribution in [0.3, 0.4) is 0 Å². The lowest BCUT2D eigenvalue weighted by Crippen LogP contribution is -2.56. The summed E-state index contributed by atoms with van der Waals surface area (Å²) in [5.74, 6) is 0.125. The molecular weight excluding hydrogens is 350 g/mol. The summed E-state index contributed by atoms with van der Waals surface area (Å²) < 4.78 is 6.01. The van der Waals surface area contributed by atoms with Crippen molar-refractivity contribution in [1.82, 2.24) is 14.7 Å². The molecule has 5 nitrogen and oxygen atoms in total. The number of likely N-dealkylation sites (N-methyl/N-ethyl adjacent to an activating group) is 1. The Hall–Kier alpha value is -2.21. The number of carbonyl (C=O) groups is 1. The molecule has 2 aliphatic heterocycles. The number of carbonyl (C=O) groups excluding carboxylic acids is 1. The van der Waals surface area contributed by atoms with Crippen LogP contribution in [0.1, 0.15) is 17.2 Å². The minimum Gasteiger partial charge on any atom is -0.365 e. The highest BCUT2D eigenvalue weighted by atomic mass is 16.5. The number of rotatable bonds is 4. The number of hydrogen-bond donors (Lipinski definition) is 0. The average molecular weight is 380 g/mol. The second kappa shape index (κ2) is 8.86. The van der Waals surface area contributed by atoms with E-state index < -0.39 is 6.10 Å². The maximum absolute atomic E-state index is 13.3. The Balaban J connectivity index is 1.39. The highest BCUT2D eigenvalue weighted by Crippen LogP contribution is 2.29. The van der Waals surface area contributed by atoms with Crippen LogP contribution in [0, 0.1) is 0 Å². The summed E-state index contributed by atoms with van der Waals surface area (Å²) in [7, 11) is 2.08. The van der Waals surface area contributed by atoms with Gasteiger partial charge in [0.2, 0.25) is 0 Å². The molecule has 5 heteroatoms. The number of amides is 1. The van der Waals surface area contributed by atoms with E-state index in [0.717, 1.165) is 44.8 Å². The van der Waals surface area contributed by atoms with E-state index in [1.807, 2.05) is 29.2 Å². The van der Waals surface area contributed by atoms with Crippen LogP contribution in [0.2, 0.25) is 0 Å². The highest BCUT2D eigenvalue weighted by molar-refractivity contribution is 5.82. The van der Waals surface area contributed by atoms with Crippen molar-refractivity contribution < 1.29 is 9.53 Å². The van der Waals surface area contributed by atoms with Gasteiger partial charge in [-0.1, -0.05) is 60.7 Å². The minimum absolute atomic E-state index is 0.0233. The van der Waals surface area contributed by atoms with Gasteiger partial charge in [0.05, 0.1) is 12.6 Å². The van der Waals surface area contributed by atoms with Crippen molar-refractivity contribution in [2.75, 3.05) is 46.4 Å². The number of benzene rings is 2. The molecule has 2 atom stereocenters. The highest BCUT2D eigenvalue weighted by Gasteiger charge is 2.39. The zero-order valence-corrected chi connectivity index (χ0v) is 16.5. The molecule has 2 aliphatic rings. The molecule has 0 radical (unpaired) electrons. The Morgan fingerprint density at radius 2 is 1.57 bits per heavy atom. The van der Waals surface area contributed by atoms with Crippen LogP contribution in [0.25, 0.3) is 0 Å². The number of morpholine rings is 1. The first-order valence-corrected chi connectivity index (χ1v) is 10.1. The fourth-order valence-electron chi connectivity index (χ4n) is 4.22. The molecule has 0 aliphatic carbocycles. The standard InChI is InChI=1S/C23H29N3O2/c1-24-16-17-28-22(21(24)20-10-6-3-7-11-20)23(27)26-14-12-25(13-15-26)18-19-8-4-2-5-9-19/h2-11,21-22H,12-18H2,1H3/t21-,22+/m0/s1. The van der Waals surface area contributed by atoms with Gasteiger partial charge < -0.3 is 9.64 Å². The fourth-order valence-corrected chi connectivity index (χ4v) is 4.22. The van der Waals surface area contributed by atoms with Crippen molar-refractivity contribution in [2.24, 2.45) is 0 Å². The van der Waals surface area contributed by atoms with Crippen LogP contribution in [-0.4, -0.2) is 73.1 Å². The summed E-state index contributed by atoms with van der Waals surface area (Å²) in [5, 5.41) is 0. The first kappa shape index (κ1) is 19.1. The second-order valence-electron chi connectivity index (χ2n) is 7.71. The molecule has 2 heterocycles. The van der Waals surface area contributed by atoms with Gasteiger partial charge in [0.15, 0.2) is 6.10 Å².